The molecule has 1 aromatic heterocycles. The van der Waals surface area contributed by atoms with Crippen molar-refractivity contribution in [2.75, 3.05) is 0 Å². The zero-order chi connectivity index (χ0) is 15.7. The highest BCUT2D eigenvalue weighted by molar-refractivity contribution is 5.64. The molecule has 3 heteroatoms. The van der Waals surface area contributed by atoms with Crippen LogP contribution in [0, 0.1) is 20.8 Å². The lowest BCUT2D eigenvalue weighted by Gasteiger charge is -2.12. The lowest BCUT2D eigenvalue weighted by molar-refractivity contribution is 0.832. The Kier molecular flexibility index (Phi) is 3.82. The van der Waals surface area contributed by atoms with Crippen LogP contribution < -0.4 is 5.73 Å². The second-order valence-electron chi connectivity index (χ2n) is 5.72. The van der Waals surface area contributed by atoms with Crippen molar-refractivity contribution in [2.24, 2.45) is 5.73 Å². The van der Waals surface area contributed by atoms with Gasteiger partial charge in [0.05, 0.1) is 17.1 Å². The van der Waals surface area contributed by atoms with Gasteiger partial charge in [0.15, 0.2) is 0 Å². The van der Waals surface area contributed by atoms with Crippen molar-refractivity contribution >= 4 is 0 Å². The average molecular weight is 291 g/mol. The van der Waals surface area contributed by atoms with Gasteiger partial charge in [-0.15, -0.1) is 0 Å². The summed E-state index contributed by atoms with van der Waals surface area (Å²) in [5.74, 6) is 0. The minimum absolute atomic E-state index is 0.441. The van der Waals surface area contributed by atoms with Crippen molar-refractivity contribution in [1.82, 2.24) is 9.78 Å². The third-order valence-corrected chi connectivity index (χ3v) is 4.12. The molecule has 0 aliphatic rings. The maximum absolute atomic E-state index is 5.80. The van der Waals surface area contributed by atoms with Crippen LogP contribution in [-0.2, 0) is 6.54 Å². The molecular weight excluding hydrogens is 270 g/mol. The molecule has 0 bridgehead atoms. The van der Waals surface area contributed by atoms with Crippen molar-refractivity contribution in [1.29, 1.82) is 0 Å². The molecule has 3 rings (SSSR count). The molecule has 22 heavy (non-hydrogen) atoms. The van der Waals surface area contributed by atoms with E-state index in [0.717, 1.165) is 22.6 Å². The number of aryl methyl sites for hydroxylation is 2. The van der Waals surface area contributed by atoms with Gasteiger partial charge in [0, 0.05) is 12.1 Å². The summed E-state index contributed by atoms with van der Waals surface area (Å²) >= 11 is 0. The monoisotopic (exact) mass is 291 g/mol. The summed E-state index contributed by atoms with van der Waals surface area (Å²) < 4.78 is 2.01. The van der Waals surface area contributed by atoms with E-state index in [0.29, 0.717) is 6.54 Å². The highest BCUT2D eigenvalue weighted by Gasteiger charge is 2.13. The lowest BCUT2D eigenvalue weighted by atomic mass is 10.1. The molecule has 3 nitrogen and oxygen atoms in total. The SMILES string of the molecule is Cc1ccc(-c2cc(CN)nn2-c2cccc(C)c2C)cc1. The number of hydrogen-bond acceptors (Lipinski definition) is 2. The van der Waals surface area contributed by atoms with Crippen molar-refractivity contribution in [3.05, 3.63) is 70.9 Å². The summed E-state index contributed by atoms with van der Waals surface area (Å²) in [7, 11) is 0. The average Bonchev–Trinajstić information content (AvgIpc) is 2.95. The highest BCUT2D eigenvalue weighted by atomic mass is 15.3. The minimum Gasteiger partial charge on any atom is -0.325 e. The largest absolute Gasteiger partial charge is 0.325 e. The smallest absolute Gasteiger partial charge is 0.0771 e. The molecule has 0 atom stereocenters. The van der Waals surface area contributed by atoms with Crippen LogP contribution in [0.15, 0.2) is 48.5 Å². The highest BCUT2D eigenvalue weighted by Crippen LogP contribution is 2.27. The van der Waals surface area contributed by atoms with E-state index < -0.39 is 0 Å². The predicted octanol–water partition coefficient (Wildman–Crippen LogP) is 3.92. The van der Waals surface area contributed by atoms with Gasteiger partial charge in [0.1, 0.15) is 0 Å². The fourth-order valence-electron chi connectivity index (χ4n) is 2.61. The first kappa shape index (κ1) is 14.5. The van der Waals surface area contributed by atoms with E-state index in [9.17, 15) is 0 Å². The fourth-order valence-corrected chi connectivity index (χ4v) is 2.61. The summed E-state index contributed by atoms with van der Waals surface area (Å²) in [4.78, 5) is 0. The van der Waals surface area contributed by atoms with E-state index in [1.54, 1.807) is 0 Å². The molecular formula is C19H21N3. The third-order valence-electron chi connectivity index (χ3n) is 4.12. The molecule has 0 spiro atoms. The molecule has 1 heterocycles. The number of nitrogens with two attached hydrogens (primary N) is 1. The van der Waals surface area contributed by atoms with Gasteiger partial charge in [0.25, 0.3) is 0 Å². The second kappa shape index (κ2) is 5.78. The number of nitrogens with zero attached hydrogens (tertiary/aromatic N) is 2. The molecule has 0 aliphatic heterocycles. The molecule has 0 amide bonds. The van der Waals surface area contributed by atoms with Crippen LogP contribution in [0.3, 0.4) is 0 Å². The van der Waals surface area contributed by atoms with E-state index in [1.165, 1.54) is 16.7 Å². The topological polar surface area (TPSA) is 43.8 Å². The molecule has 3 aromatic rings. The molecule has 0 fully saturated rings. The van der Waals surface area contributed by atoms with Gasteiger partial charge in [-0.05, 0) is 44.0 Å². The Hall–Kier alpha value is -2.39. The lowest BCUT2D eigenvalue weighted by Crippen LogP contribution is -2.04. The first-order chi connectivity index (χ1) is 10.6. The van der Waals surface area contributed by atoms with Gasteiger partial charge in [-0.2, -0.15) is 5.10 Å². The maximum Gasteiger partial charge on any atom is 0.0771 e. The fraction of sp³-hybridized carbons (Fsp3) is 0.211. The number of benzene rings is 2. The van der Waals surface area contributed by atoms with Crippen molar-refractivity contribution in [3.8, 4) is 16.9 Å². The van der Waals surface area contributed by atoms with Crippen LogP contribution in [-0.4, -0.2) is 9.78 Å². The molecule has 0 unspecified atom stereocenters. The molecule has 2 N–H and O–H groups in total. The molecule has 112 valence electrons. The first-order valence-corrected chi connectivity index (χ1v) is 7.53. The van der Waals surface area contributed by atoms with Crippen molar-refractivity contribution in [3.63, 3.8) is 0 Å². The van der Waals surface area contributed by atoms with Crippen LogP contribution in [0.1, 0.15) is 22.4 Å². The van der Waals surface area contributed by atoms with Gasteiger partial charge in [-0.25, -0.2) is 4.68 Å². The van der Waals surface area contributed by atoms with E-state index in [2.05, 4.69) is 69.3 Å². The Balaban J connectivity index is 2.21. The zero-order valence-electron chi connectivity index (χ0n) is 13.3. The quantitative estimate of drug-likeness (QED) is 0.794. The van der Waals surface area contributed by atoms with E-state index in [1.807, 2.05) is 4.68 Å². The van der Waals surface area contributed by atoms with Crippen LogP contribution >= 0.6 is 0 Å². The molecule has 0 saturated heterocycles. The van der Waals surface area contributed by atoms with Crippen LogP contribution in [0.25, 0.3) is 16.9 Å². The number of aromatic nitrogens is 2. The Labute approximate surface area is 131 Å². The standard InChI is InChI=1S/C19H21N3/c1-13-7-9-16(10-8-13)19-11-17(12-20)21-22(19)18-6-4-5-14(2)15(18)3/h4-11H,12,20H2,1-3H3. The van der Waals surface area contributed by atoms with Gasteiger partial charge in [0.2, 0.25) is 0 Å². The summed E-state index contributed by atoms with van der Waals surface area (Å²) in [6, 6.07) is 16.9. The molecule has 2 aromatic carbocycles. The third kappa shape index (κ3) is 2.55. The van der Waals surface area contributed by atoms with Crippen LogP contribution in [0.4, 0.5) is 0 Å². The molecule has 0 radical (unpaired) electrons. The summed E-state index contributed by atoms with van der Waals surface area (Å²) in [5, 5.41) is 4.69. The van der Waals surface area contributed by atoms with Crippen LogP contribution in [0.5, 0.6) is 0 Å². The number of hydrogen-bond donors (Lipinski definition) is 1. The Bertz CT molecular complexity index is 798. The maximum atomic E-state index is 5.80. The Morgan fingerprint density at radius 1 is 1.00 bits per heavy atom. The Morgan fingerprint density at radius 3 is 2.41 bits per heavy atom. The van der Waals surface area contributed by atoms with E-state index in [4.69, 9.17) is 10.8 Å². The first-order valence-electron chi connectivity index (χ1n) is 7.53. The normalized spacial score (nSPS) is 10.9. The summed E-state index contributed by atoms with van der Waals surface area (Å²) in [5.41, 5.74) is 13.8. The second-order valence-corrected chi connectivity index (χ2v) is 5.72. The van der Waals surface area contributed by atoms with Crippen molar-refractivity contribution < 1.29 is 0 Å². The van der Waals surface area contributed by atoms with Gasteiger partial charge in [-0.1, -0.05) is 42.0 Å². The minimum atomic E-state index is 0.441. The van der Waals surface area contributed by atoms with Crippen LogP contribution in [0.2, 0.25) is 0 Å². The van der Waals surface area contributed by atoms with Crippen molar-refractivity contribution in [2.45, 2.75) is 27.3 Å². The predicted molar refractivity (Wildman–Crippen MR) is 91.1 cm³/mol. The molecule has 0 aliphatic carbocycles. The number of rotatable bonds is 3. The molecule has 0 saturated carbocycles. The summed E-state index contributed by atoms with van der Waals surface area (Å²) in [6.45, 7) is 6.79. The van der Waals surface area contributed by atoms with E-state index >= 15 is 0 Å². The van der Waals surface area contributed by atoms with Gasteiger partial charge < -0.3 is 5.73 Å². The van der Waals surface area contributed by atoms with Gasteiger partial charge >= 0.3 is 0 Å². The van der Waals surface area contributed by atoms with Gasteiger partial charge in [-0.3, -0.25) is 0 Å². The zero-order valence-corrected chi connectivity index (χ0v) is 13.3. The Morgan fingerprint density at radius 2 is 1.73 bits per heavy atom. The summed E-state index contributed by atoms with van der Waals surface area (Å²) in [6.07, 6.45) is 0. The van der Waals surface area contributed by atoms with E-state index in [-0.39, 0.29) is 0 Å².